The van der Waals surface area contributed by atoms with Crippen molar-refractivity contribution in [2.75, 3.05) is 13.2 Å². The quantitative estimate of drug-likeness (QED) is 0.657. The molecule has 1 aromatic heterocycles. The summed E-state index contributed by atoms with van der Waals surface area (Å²) < 4.78 is 49.1. The minimum Gasteiger partial charge on any atom is -0.482 e. The molecule has 1 amide bonds. The molecule has 0 saturated heterocycles. The van der Waals surface area contributed by atoms with Crippen LogP contribution in [-0.4, -0.2) is 36.2 Å². The van der Waals surface area contributed by atoms with Crippen LogP contribution in [-0.2, 0) is 4.79 Å². The van der Waals surface area contributed by atoms with Crippen LogP contribution in [0.1, 0.15) is 25.3 Å². The van der Waals surface area contributed by atoms with Crippen molar-refractivity contribution in [1.82, 2.24) is 4.90 Å². The number of rotatable bonds is 6. The molecule has 1 aliphatic carbocycles. The second kappa shape index (κ2) is 7.66. The first kappa shape index (κ1) is 20.5. The van der Waals surface area contributed by atoms with E-state index in [9.17, 15) is 22.8 Å². The lowest BCUT2D eigenvalue weighted by Crippen LogP contribution is -2.47. The molecule has 1 aromatic carbocycles. The van der Waals surface area contributed by atoms with E-state index in [1.807, 2.05) is 0 Å². The normalized spacial score (nSPS) is 15.5. The lowest BCUT2D eigenvalue weighted by molar-refractivity contribution is -0.167. The Morgan fingerprint density at radius 1 is 1.36 bits per heavy atom. The van der Waals surface area contributed by atoms with Crippen LogP contribution in [0.2, 0.25) is 5.02 Å². The van der Waals surface area contributed by atoms with E-state index in [1.54, 1.807) is 13.8 Å². The first-order chi connectivity index (χ1) is 13.0. The molecule has 1 fully saturated rings. The molecule has 0 unspecified atom stereocenters. The monoisotopic (exact) mass is 417 g/mol. The fraction of sp³-hybridized carbons (Fsp3) is 0.474. The number of carbonyl (C=O) groups excluding carboxylic acids is 1. The zero-order valence-corrected chi connectivity index (χ0v) is 16.1. The van der Waals surface area contributed by atoms with Crippen LogP contribution in [0.4, 0.5) is 13.2 Å². The van der Waals surface area contributed by atoms with Gasteiger partial charge in [-0.2, -0.15) is 13.2 Å². The Morgan fingerprint density at radius 2 is 2.04 bits per heavy atom. The summed E-state index contributed by atoms with van der Waals surface area (Å²) in [6.07, 6.45) is -2.89. The molecule has 1 atom stereocenters. The van der Waals surface area contributed by atoms with Crippen molar-refractivity contribution in [3.63, 3.8) is 0 Å². The van der Waals surface area contributed by atoms with Crippen LogP contribution in [0.15, 0.2) is 27.4 Å². The lowest BCUT2D eigenvalue weighted by Gasteiger charge is -2.30. The van der Waals surface area contributed by atoms with E-state index in [1.165, 1.54) is 18.2 Å². The minimum absolute atomic E-state index is 0.0577. The highest BCUT2D eigenvalue weighted by atomic mass is 35.5. The molecule has 9 heteroatoms. The number of fused-ring (bicyclic) bond motifs is 1. The average molecular weight is 418 g/mol. The highest BCUT2D eigenvalue weighted by molar-refractivity contribution is 6.32. The van der Waals surface area contributed by atoms with Crippen LogP contribution in [0, 0.1) is 12.8 Å². The van der Waals surface area contributed by atoms with Gasteiger partial charge in [-0.15, -0.1) is 0 Å². The van der Waals surface area contributed by atoms with Crippen molar-refractivity contribution in [2.24, 2.45) is 5.92 Å². The number of halogens is 4. The third-order valence-corrected chi connectivity index (χ3v) is 5.12. The molecule has 0 bridgehead atoms. The van der Waals surface area contributed by atoms with Crippen LogP contribution in [0.25, 0.3) is 11.0 Å². The Balaban J connectivity index is 1.78. The summed E-state index contributed by atoms with van der Waals surface area (Å²) in [5.74, 6) is -0.645. The van der Waals surface area contributed by atoms with Crippen molar-refractivity contribution in [3.8, 4) is 5.75 Å². The van der Waals surface area contributed by atoms with Crippen LogP contribution in [0.5, 0.6) is 5.75 Å². The molecular weight excluding hydrogens is 399 g/mol. The van der Waals surface area contributed by atoms with E-state index < -0.39 is 36.9 Å². The van der Waals surface area contributed by atoms with Crippen molar-refractivity contribution in [1.29, 1.82) is 0 Å². The van der Waals surface area contributed by atoms with Gasteiger partial charge in [0.1, 0.15) is 17.9 Å². The van der Waals surface area contributed by atoms with Crippen molar-refractivity contribution >= 4 is 28.5 Å². The summed E-state index contributed by atoms with van der Waals surface area (Å²) in [6.45, 7) is 1.40. The summed E-state index contributed by atoms with van der Waals surface area (Å²) in [6, 6.07) is 3.68. The van der Waals surface area contributed by atoms with Crippen LogP contribution in [0.3, 0.4) is 0 Å². The third-order valence-electron chi connectivity index (χ3n) is 4.82. The summed E-state index contributed by atoms with van der Waals surface area (Å²) in [4.78, 5) is 24.8. The number of alkyl halides is 3. The Morgan fingerprint density at radius 3 is 2.64 bits per heavy atom. The second-order valence-corrected chi connectivity index (χ2v) is 7.44. The van der Waals surface area contributed by atoms with E-state index in [4.69, 9.17) is 20.8 Å². The van der Waals surface area contributed by atoms with Gasteiger partial charge in [-0.25, -0.2) is 4.79 Å². The number of nitrogens with zero attached hydrogens (tertiary/aromatic N) is 1. The summed E-state index contributed by atoms with van der Waals surface area (Å²) >= 11 is 6.16. The minimum atomic E-state index is -4.50. The topological polar surface area (TPSA) is 59.8 Å². The molecule has 152 valence electrons. The maximum Gasteiger partial charge on any atom is 0.406 e. The van der Waals surface area contributed by atoms with E-state index in [0.29, 0.717) is 10.9 Å². The Labute approximate surface area is 164 Å². The Kier molecular flexibility index (Phi) is 5.61. The van der Waals surface area contributed by atoms with Gasteiger partial charge < -0.3 is 14.1 Å². The molecule has 5 nitrogen and oxygen atoms in total. The zero-order valence-electron chi connectivity index (χ0n) is 15.3. The van der Waals surface area contributed by atoms with Gasteiger partial charge in [0.05, 0.1) is 5.02 Å². The number of amides is 1. The molecular formula is C19H19ClF3NO4. The predicted octanol–water partition coefficient (Wildman–Crippen LogP) is 4.32. The van der Waals surface area contributed by atoms with Gasteiger partial charge in [0.25, 0.3) is 5.91 Å². The number of hydrogen-bond donors (Lipinski definition) is 0. The molecule has 28 heavy (non-hydrogen) atoms. The van der Waals surface area contributed by atoms with Gasteiger partial charge in [0.15, 0.2) is 6.61 Å². The largest absolute Gasteiger partial charge is 0.482 e. The maximum atomic E-state index is 12.9. The van der Waals surface area contributed by atoms with Gasteiger partial charge in [-0.05, 0) is 44.2 Å². The van der Waals surface area contributed by atoms with Gasteiger partial charge >= 0.3 is 11.8 Å². The molecule has 0 radical (unpaired) electrons. The first-order valence-corrected chi connectivity index (χ1v) is 9.16. The average Bonchev–Trinajstić information content (AvgIpc) is 3.42. The fourth-order valence-electron chi connectivity index (χ4n) is 3.14. The molecule has 0 N–H and O–H groups in total. The van der Waals surface area contributed by atoms with Crippen LogP contribution < -0.4 is 10.4 Å². The molecule has 2 aromatic rings. The lowest BCUT2D eigenvalue weighted by atomic mass is 10.1. The second-order valence-electron chi connectivity index (χ2n) is 7.03. The van der Waals surface area contributed by atoms with Gasteiger partial charge in [0, 0.05) is 23.6 Å². The zero-order chi connectivity index (χ0) is 20.6. The predicted molar refractivity (Wildman–Crippen MR) is 97.7 cm³/mol. The summed E-state index contributed by atoms with van der Waals surface area (Å²) in [5.41, 5.74) is 0.324. The Hall–Kier alpha value is -2.22. The van der Waals surface area contributed by atoms with E-state index in [2.05, 4.69) is 0 Å². The summed E-state index contributed by atoms with van der Waals surface area (Å²) in [5, 5.41) is 0.763. The summed E-state index contributed by atoms with van der Waals surface area (Å²) in [7, 11) is 0. The number of carbonyl (C=O) groups is 1. The number of ether oxygens (including phenoxy) is 1. The van der Waals surface area contributed by atoms with Gasteiger partial charge in [0.2, 0.25) is 0 Å². The molecule has 1 saturated carbocycles. The van der Waals surface area contributed by atoms with Crippen molar-refractivity contribution < 1.29 is 27.1 Å². The van der Waals surface area contributed by atoms with Crippen LogP contribution >= 0.6 is 11.6 Å². The van der Waals surface area contributed by atoms with Crippen molar-refractivity contribution in [2.45, 2.75) is 38.9 Å². The highest BCUT2D eigenvalue weighted by Gasteiger charge is 2.40. The number of hydrogen-bond acceptors (Lipinski definition) is 4. The van der Waals surface area contributed by atoms with E-state index >= 15 is 0 Å². The maximum absolute atomic E-state index is 12.9. The van der Waals surface area contributed by atoms with E-state index in [-0.39, 0.29) is 22.3 Å². The molecule has 0 aliphatic heterocycles. The Bertz CT molecular complexity index is 953. The molecule has 1 heterocycles. The molecule has 0 spiro atoms. The van der Waals surface area contributed by atoms with Crippen molar-refractivity contribution in [3.05, 3.63) is 39.2 Å². The SMILES string of the molecule is Cc1cc(=O)oc2cc(OCC(=O)N(CC(F)(F)F)[C@H](C)C3CC3)c(Cl)cc12. The first-order valence-electron chi connectivity index (χ1n) is 8.78. The number of aryl methyl sites for hydroxylation is 1. The van der Waals surface area contributed by atoms with E-state index in [0.717, 1.165) is 17.7 Å². The smallest absolute Gasteiger partial charge is 0.406 e. The van der Waals surface area contributed by atoms with Gasteiger partial charge in [-0.3, -0.25) is 4.79 Å². The molecule has 1 aliphatic rings. The standard InChI is InChI=1S/C19H19ClF3NO4/c1-10-5-18(26)28-15-7-16(14(20)6-13(10)15)27-8-17(25)24(9-19(21,22)23)11(2)12-3-4-12/h5-7,11-12H,3-4,8-9H2,1-2H3/t11-/m1/s1. The van der Waals surface area contributed by atoms with Gasteiger partial charge in [-0.1, -0.05) is 11.6 Å². The third kappa shape index (κ3) is 4.79. The molecule has 3 rings (SSSR count). The number of benzene rings is 1. The fourth-order valence-corrected chi connectivity index (χ4v) is 3.36. The highest BCUT2D eigenvalue weighted by Crippen LogP contribution is 2.36.